The van der Waals surface area contributed by atoms with Crippen molar-refractivity contribution < 1.29 is 14.0 Å². The van der Waals surface area contributed by atoms with Gasteiger partial charge in [-0.2, -0.15) is 0 Å². The molecule has 7 heteroatoms. The summed E-state index contributed by atoms with van der Waals surface area (Å²) in [5, 5.41) is 8.10. The molecule has 2 aromatic rings. The van der Waals surface area contributed by atoms with E-state index in [2.05, 4.69) is 16.0 Å². The lowest BCUT2D eigenvalue weighted by Crippen LogP contribution is -2.40. The van der Waals surface area contributed by atoms with Gasteiger partial charge >= 0.3 is 0 Å². The van der Waals surface area contributed by atoms with Crippen LogP contribution in [0.25, 0.3) is 0 Å². The number of thiocarbonyl (C=S) groups is 1. The Labute approximate surface area is 157 Å². The van der Waals surface area contributed by atoms with Crippen molar-refractivity contribution in [1.29, 1.82) is 0 Å². The number of carbonyl (C=O) groups is 2. The SMILES string of the molecule is CC(C)(C)NC(=O)c1cccc(NC(=S)NC(=O)c2ccccc2F)c1. The molecule has 3 N–H and O–H groups in total. The molecule has 0 saturated heterocycles. The molecule has 2 amide bonds. The first kappa shape index (κ1) is 19.5. The minimum atomic E-state index is -0.651. The first-order valence-corrected chi connectivity index (χ1v) is 8.36. The second-order valence-electron chi connectivity index (χ2n) is 6.67. The minimum Gasteiger partial charge on any atom is -0.347 e. The minimum absolute atomic E-state index is 0.00614. The molecular formula is C19H20FN3O2S. The van der Waals surface area contributed by atoms with E-state index in [0.29, 0.717) is 11.3 Å². The van der Waals surface area contributed by atoms with Crippen LogP contribution >= 0.6 is 12.2 Å². The van der Waals surface area contributed by atoms with Crippen molar-refractivity contribution in [2.75, 3.05) is 5.32 Å². The fraction of sp³-hybridized carbons (Fsp3) is 0.211. The highest BCUT2D eigenvalue weighted by atomic mass is 32.1. The van der Waals surface area contributed by atoms with E-state index in [-0.39, 0.29) is 22.1 Å². The Bertz CT molecular complexity index is 847. The van der Waals surface area contributed by atoms with Crippen LogP contribution in [0.3, 0.4) is 0 Å². The van der Waals surface area contributed by atoms with Gasteiger partial charge in [0.05, 0.1) is 5.56 Å². The van der Waals surface area contributed by atoms with Gasteiger partial charge in [0.2, 0.25) is 0 Å². The van der Waals surface area contributed by atoms with Gasteiger partial charge in [-0.05, 0) is 63.3 Å². The summed E-state index contributed by atoms with van der Waals surface area (Å²) in [4.78, 5) is 24.3. The number of rotatable bonds is 3. The monoisotopic (exact) mass is 373 g/mol. The summed E-state index contributed by atoms with van der Waals surface area (Å²) in [6.07, 6.45) is 0. The van der Waals surface area contributed by atoms with Crippen LogP contribution in [0, 0.1) is 5.82 Å². The Balaban J connectivity index is 2.03. The Hall–Kier alpha value is -2.80. The third-order valence-corrected chi connectivity index (χ3v) is 3.42. The number of amides is 2. The second kappa shape index (κ2) is 8.05. The number of hydrogen-bond donors (Lipinski definition) is 3. The Morgan fingerprint density at radius 1 is 1.00 bits per heavy atom. The van der Waals surface area contributed by atoms with Crippen molar-refractivity contribution in [2.45, 2.75) is 26.3 Å². The summed E-state index contributed by atoms with van der Waals surface area (Å²) >= 11 is 5.09. The molecule has 0 aliphatic carbocycles. The van der Waals surface area contributed by atoms with E-state index >= 15 is 0 Å². The van der Waals surface area contributed by atoms with E-state index in [9.17, 15) is 14.0 Å². The average Bonchev–Trinajstić information content (AvgIpc) is 2.53. The predicted molar refractivity (Wildman–Crippen MR) is 104 cm³/mol. The molecule has 0 aliphatic heterocycles. The number of benzene rings is 2. The molecule has 5 nitrogen and oxygen atoms in total. The van der Waals surface area contributed by atoms with Crippen molar-refractivity contribution in [1.82, 2.24) is 10.6 Å². The van der Waals surface area contributed by atoms with Crippen LogP contribution in [0.2, 0.25) is 0 Å². The van der Waals surface area contributed by atoms with Crippen LogP contribution in [-0.4, -0.2) is 22.5 Å². The third-order valence-electron chi connectivity index (χ3n) is 3.22. The van der Waals surface area contributed by atoms with Gasteiger partial charge in [-0.1, -0.05) is 18.2 Å². The van der Waals surface area contributed by atoms with Crippen molar-refractivity contribution in [3.8, 4) is 0 Å². The molecule has 0 atom stereocenters. The maximum atomic E-state index is 13.6. The number of carbonyl (C=O) groups excluding carboxylic acids is 2. The summed E-state index contributed by atoms with van der Waals surface area (Å²) in [5.41, 5.74) is 0.525. The molecule has 0 aliphatic rings. The van der Waals surface area contributed by atoms with Crippen molar-refractivity contribution in [3.63, 3.8) is 0 Å². The van der Waals surface area contributed by atoms with Crippen LogP contribution in [0.15, 0.2) is 48.5 Å². The highest BCUT2D eigenvalue weighted by Crippen LogP contribution is 2.12. The predicted octanol–water partition coefficient (Wildman–Crippen LogP) is 3.48. The molecule has 0 unspecified atom stereocenters. The van der Waals surface area contributed by atoms with E-state index < -0.39 is 11.7 Å². The Morgan fingerprint density at radius 3 is 2.35 bits per heavy atom. The fourth-order valence-electron chi connectivity index (χ4n) is 2.13. The molecule has 0 heterocycles. The zero-order chi connectivity index (χ0) is 19.3. The van der Waals surface area contributed by atoms with Crippen LogP contribution in [0.4, 0.5) is 10.1 Å². The largest absolute Gasteiger partial charge is 0.347 e. The van der Waals surface area contributed by atoms with Crippen LogP contribution in [0.1, 0.15) is 41.5 Å². The van der Waals surface area contributed by atoms with Gasteiger partial charge in [-0.15, -0.1) is 0 Å². The van der Waals surface area contributed by atoms with Crippen molar-refractivity contribution in [2.24, 2.45) is 0 Å². The summed E-state index contributed by atoms with van der Waals surface area (Å²) in [5.74, 6) is -1.50. The van der Waals surface area contributed by atoms with Crippen molar-refractivity contribution in [3.05, 3.63) is 65.5 Å². The highest BCUT2D eigenvalue weighted by Gasteiger charge is 2.16. The molecule has 2 rings (SSSR count). The Kier molecular flexibility index (Phi) is 6.05. The van der Waals surface area contributed by atoms with Crippen LogP contribution in [-0.2, 0) is 0 Å². The molecule has 0 fully saturated rings. The molecular weight excluding hydrogens is 353 g/mol. The molecule has 136 valence electrons. The van der Waals surface area contributed by atoms with Gasteiger partial charge < -0.3 is 10.6 Å². The molecule has 0 radical (unpaired) electrons. The van der Waals surface area contributed by atoms with E-state index in [1.165, 1.54) is 18.2 Å². The smallest absolute Gasteiger partial charge is 0.260 e. The van der Waals surface area contributed by atoms with Gasteiger partial charge in [0.15, 0.2) is 5.11 Å². The Morgan fingerprint density at radius 2 is 1.69 bits per heavy atom. The van der Waals surface area contributed by atoms with E-state index in [1.54, 1.807) is 30.3 Å². The molecule has 0 aromatic heterocycles. The maximum absolute atomic E-state index is 13.6. The van der Waals surface area contributed by atoms with Crippen LogP contribution in [0.5, 0.6) is 0 Å². The first-order valence-electron chi connectivity index (χ1n) is 7.95. The molecule has 0 bridgehead atoms. The summed E-state index contributed by atoms with van der Waals surface area (Å²) in [6.45, 7) is 5.67. The van der Waals surface area contributed by atoms with E-state index in [1.807, 2.05) is 20.8 Å². The van der Waals surface area contributed by atoms with E-state index in [0.717, 1.165) is 0 Å². The van der Waals surface area contributed by atoms with Gasteiger partial charge in [-0.25, -0.2) is 4.39 Å². The average molecular weight is 373 g/mol. The van der Waals surface area contributed by atoms with Crippen LogP contribution < -0.4 is 16.0 Å². The van der Waals surface area contributed by atoms with Gasteiger partial charge in [0.1, 0.15) is 5.82 Å². The number of anilines is 1. The topological polar surface area (TPSA) is 70.2 Å². The van der Waals surface area contributed by atoms with Gasteiger partial charge in [0, 0.05) is 16.8 Å². The van der Waals surface area contributed by atoms with Gasteiger partial charge in [0.25, 0.3) is 11.8 Å². The molecule has 0 saturated carbocycles. The highest BCUT2D eigenvalue weighted by molar-refractivity contribution is 7.80. The van der Waals surface area contributed by atoms with Gasteiger partial charge in [-0.3, -0.25) is 14.9 Å². The fourth-order valence-corrected chi connectivity index (χ4v) is 2.34. The lowest BCUT2D eigenvalue weighted by molar-refractivity contribution is 0.0918. The molecule has 26 heavy (non-hydrogen) atoms. The number of nitrogens with one attached hydrogen (secondary N) is 3. The van der Waals surface area contributed by atoms with E-state index in [4.69, 9.17) is 12.2 Å². The summed E-state index contributed by atoms with van der Waals surface area (Å²) in [6, 6.07) is 12.3. The zero-order valence-electron chi connectivity index (χ0n) is 14.7. The standard InChI is InChI=1S/C19H20FN3O2S/c1-19(2,3)23-16(24)12-7-6-8-13(11-12)21-18(26)22-17(25)14-9-4-5-10-15(14)20/h4-11H,1-3H3,(H,23,24)(H2,21,22,25,26). The first-order chi connectivity index (χ1) is 12.2. The molecule has 2 aromatic carbocycles. The number of hydrogen-bond acceptors (Lipinski definition) is 3. The lowest BCUT2D eigenvalue weighted by Gasteiger charge is -2.20. The zero-order valence-corrected chi connectivity index (χ0v) is 15.5. The number of halogens is 1. The normalized spacial score (nSPS) is 10.8. The third kappa shape index (κ3) is 5.63. The maximum Gasteiger partial charge on any atom is 0.260 e. The summed E-state index contributed by atoms with van der Waals surface area (Å²) < 4.78 is 13.6. The summed E-state index contributed by atoms with van der Waals surface area (Å²) in [7, 11) is 0. The second-order valence-corrected chi connectivity index (χ2v) is 7.08. The molecule has 0 spiro atoms. The quantitative estimate of drug-likeness (QED) is 0.721. The lowest BCUT2D eigenvalue weighted by atomic mass is 10.1. The van der Waals surface area contributed by atoms with Crippen molar-refractivity contribution >= 4 is 34.8 Å².